The van der Waals surface area contributed by atoms with Crippen molar-refractivity contribution in [2.24, 2.45) is 0 Å². The summed E-state index contributed by atoms with van der Waals surface area (Å²) in [6.45, 7) is 1.98. The van der Waals surface area contributed by atoms with Crippen LogP contribution in [0.3, 0.4) is 0 Å². The van der Waals surface area contributed by atoms with Crippen molar-refractivity contribution < 1.29 is 4.74 Å². The van der Waals surface area contributed by atoms with Crippen LogP contribution in [-0.4, -0.2) is 12.1 Å². The molecular weight excluding hydrogens is 220 g/mol. The zero-order valence-corrected chi connectivity index (χ0v) is 10.2. The van der Waals surface area contributed by atoms with Crippen molar-refractivity contribution in [3.8, 4) is 5.75 Å². The lowest BCUT2D eigenvalue weighted by molar-refractivity contribution is 0.410. The Morgan fingerprint density at radius 2 is 2.12 bits per heavy atom. The van der Waals surface area contributed by atoms with Crippen LogP contribution in [0.15, 0.2) is 24.3 Å². The predicted octanol–water partition coefficient (Wildman–Crippen LogP) is 2.63. The Morgan fingerprint density at radius 3 is 2.75 bits per heavy atom. The van der Waals surface area contributed by atoms with Gasteiger partial charge in [0.25, 0.3) is 0 Å². The van der Waals surface area contributed by atoms with Crippen molar-refractivity contribution in [3.05, 3.63) is 39.7 Å². The third kappa shape index (κ3) is 2.17. The summed E-state index contributed by atoms with van der Waals surface area (Å²) in [5.74, 6) is 1.53. The average molecular weight is 234 g/mol. The van der Waals surface area contributed by atoms with E-state index in [2.05, 4.69) is 4.98 Å². The van der Waals surface area contributed by atoms with Gasteiger partial charge in [-0.1, -0.05) is 18.2 Å². The Labute approximate surface area is 98.9 Å². The van der Waals surface area contributed by atoms with Crippen molar-refractivity contribution in [1.82, 2.24) is 4.98 Å². The van der Waals surface area contributed by atoms with E-state index in [9.17, 15) is 0 Å². The molecular formula is C12H14N2OS. The molecule has 84 valence electrons. The predicted molar refractivity (Wildman–Crippen MR) is 67.1 cm³/mol. The van der Waals surface area contributed by atoms with Crippen LogP contribution in [0.25, 0.3) is 0 Å². The number of nitrogens with two attached hydrogens (primary N) is 1. The number of nitrogen functional groups attached to an aromatic ring is 1. The van der Waals surface area contributed by atoms with Gasteiger partial charge in [-0.15, -0.1) is 11.3 Å². The fourth-order valence-corrected chi connectivity index (χ4v) is 2.43. The molecule has 0 aliphatic heterocycles. The Morgan fingerprint density at radius 1 is 1.38 bits per heavy atom. The minimum atomic E-state index is 0.634. The number of aryl methyl sites for hydroxylation is 1. The van der Waals surface area contributed by atoms with Crippen LogP contribution in [0.2, 0.25) is 0 Å². The molecule has 2 aromatic rings. The molecule has 0 unspecified atom stereocenters. The second-order valence-electron chi connectivity index (χ2n) is 3.54. The first-order valence-electron chi connectivity index (χ1n) is 5.04. The van der Waals surface area contributed by atoms with Gasteiger partial charge in [-0.05, 0) is 13.0 Å². The first-order valence-corrected chi connectivity index (χ1v) is 5.86. The number of thiazole rings is 1. The number of para-hydroxylation sites is 1. The fraction of sp³-hybridized carbons (Fsp3) is 0.250. The second-order valence-corrected chi connectivity index (χ2v) is 4.83. The maximum atomic E-state index is 5.73. The van der Waals surface area contributed by atoms with E-state index in [1.165, 1.54) is 0 Å². The van der Waals surface area contributed by atoms with Crippen LogP contribution in [-0.2, 0) is 6.42 Å². The molecule has 0 atom stereocenters. The number of hydrogen-bond donors (Lipinski definition) is 1. The van der Waals surface area contributed by atoms with E-state index in [1.54, 1.807) is 18.4 Å². The van der Waals surface area contributed by atoms with Crippen molar-refractivity contribution in [1.29, 1.82) is 0 Å². The van der Waals surface area contributed by atoms with Gasteiger partial charge in [-0.3, -0.25) is 0 Å². The SMILES string of the molecule is COc1ccccc1Cc1nc(N)c(C)s1. The summed E-state index contributed by atoms with van der Waals surface area (Å²) >= 11 is 1.64. The highest BCUT2D eigenvalue weighted by atomic mass is 32.1. The summed E-state index contributed by atoms with van der Waals surface area (Å²) in [6.07, 6.45) is 0.771. The molecule has 1 aromatic heterocycles. The minimum absolute atomic E-state index is 0.634. The van der Waals surface area contributed by atoms with Crippen molar-refractivity contribution in [2.45, 2.75) is 13.3 Å². The topological polar surface area (TPSA) is 48.1 Å². The molecule has 2 rings (SSSR count). The molecule has 0 saturated heterocycles. The normalized spacial score (nSPS) is 10.4. The number of rotatable bonds is 3. The van der Waals surface area contributed by atoms with Gasteiger partial charge in [-0.2, -0.15) is 0 Å². The van der Waals surface area contributed by atoms with Crippen LogP contribution >= 0.6 is 11.3 Å². The molecule has 0 fully saturated rings. The third-order valence-corrected chi connectivity index (χ3v) is 3.40. The van der Waals surface area contributed by atoms with Gasteiger partial charge in [0.15, 0.2) is 0 Å². The first kappa shape index (κ1) is 11.0. The van der Waals surface area contributed by atoms with Crippen molar-refractivity contribution in [2.75, 3.05) is 12.8 Å². The van der Waals surface area contributed by atoms with Crippen molar-refractivity contribution >= 4 is 17.2 Å². The summed E-state index contributed by atoms with van der Waals surface area (Å²) in [4.78, 5) is 5.40. The molecule has 0 bridgehead atoms. The Bertz CT molecular complexity index is 474. The van der Waals surface area contributed by atoms with Gasteiger partial charge in [0.05, 0.1) is 12.1 Å². The lowest BCUT2D eigenvalue weighted by Gasteiger charge is -2.05. The van der Waals surface area contributed by atoms with Crippen LogP contribution in [0.5, 0.6) is 5.75 Å². The highest BCUT2D eigenvalue weighted by Crippen LogP contribution is 2.25. The largest absolute Gasteiger partial charge is 0.496 e. The lowest BCUT2D eigenvalue weighted by atomic mass is 10.1. The molecule has 4 heteroatoms. The molecule has 16 heavy (non-hydrogen) atoms. The molecule has 0 radical (unpaired) electrons. The van der Waals surface area contributed by atoms with Gasteiger partial charge < -0.3 is 10.5 Å². The van der Waals surface area contributed by atoms with Gasteiger partial charge in [0.2, 0.25) is 0 Å². The van der Waals surface area contributed by atoms with Crippen LogP contribution < -0.4 is 10.5 Å². The maximum Gasteiger partial charge on any atom is 0.137 e. The van der Waals surface area contributed by atoms with E-state index in [-0.39, 0.29) is 0 Å². The van der Waals surface area contributed by atoms with Crippen LogP contribution in [0.1, 0.15) is 15.4 Å². The molecule has 1 aromatic carbocycles. The smallest absolute Gasteiger partial charge is 0.137 e. The van der Waals surface area contributed by atoms with Crippen LogP contribution in [0.4, 0.5) is 5.82 Å². The number of hydrogen-bond acceptors (Lipinski definition) is 4. The second kappa shape index (κ2) is 4.53. The Hall–Kier alpha value is -1.55. The molecule has 1 heterocycles. The zero-order chi connectivity index (χ0) is 11.5. The minimum Gasteiger partial charge on any atom is -0.496 e. The third-order valence-electron chi connectivity index (χ3n) is 2.41. The summed E-state index contributed by atoms with van der Waals surface area (Å²) in [6, 6.07) is 7.97. The van der Waals surface area contributed by atoms with E-state index >= 15 is 0 Å². The van der Waals surface area contributed by atoms with Gasteiger partial charge in [0, 0.05) is 16.9 Å². The van der Waals surface area contributed by atoms with E-state index in [0.29, 0.717) is 5.82 Å². The first-order chi connectivity index (χ1) is 7.70. The number of aromatic nitrogens is 1. The molecule has 0 aliphatic carbocycles. The van der Waals surface area contributed by atoms with E-state index in [4.69, 9.17) is 10.5 Å². The molecule has 0 aliphatic rings. The molecule has 0 saturated carbocycles. The number of anilines is 1. The zero-order valence-electron chi connectivity index (χ0n) is 9.36. The molecule has 2 N–H and O–H groups in total. The standard InChI is InChI=1S/C12H14N2OS/c1-8-12(13)14-11(16-8)7-9-5-3-4-6-10(9)15-2/h3-6H,7,13H2,1-2H3. The summed E-state index contributed by atoms with van der Waals surface area (Å²) in [5, 5.41) is 1.03. The maximum absolute atomic E-state index is 5.73. The Balaban J connectivity index is 2.26. The number of benzene rings is 1. The lowest BCUT2D eigenvalue weighted by Crippen LogP contribution is -1.93. The molecule has 0 amide bonds. The number of ether oxygens (including phenoxy) is 1. The molecule has 0 spiro atoms. The van der Waals surface area contributed by atoms with Gasteiger partial charge in [-0.25, -0.2) is 4.98 Å². The average Bonchev–Trinajstić information content (AvgIpc) is 2.59. The quantitative estimate of drug-likeness (QED) is 0.888. The van der Waals surface area contributed by atoms with E-state index in [1.807, 2.05) is 31.2 Å². The number of nitrogens with zero attached hydrogens (tertiary/aromatic N) is 1. The molecule has 3 nitrogen and oxygen atoms in total. The van der Waals surface area contributed by atoms with Gasteiger partial charge >= 0.3 is 0 Å². The highest BCUT2D eigenvalue weighted by molar-refractivity contribution is 7.12. The fourth-order valence-electron chi connectivity index (χ4n) is 1.55. The van der Waals surface area contributed by atoms with E-state index < -0.39 is 0 Å². The number of methoxy groups -OCH3 is 1. The summed E-state index contributed by atoms with van der Waals surface area (Å²) < 4.78 is 5.30. The highest BCUT2D eigenvalue weighted by Gasteiger charge is 2.08. The monoisotopic (exact) mass is 234 g/mol. The van der Waals surface area contributed by atoms with Crippen LogP contribution in [0, 0.1) is 6.92 Å². The van der Waals surface area contributed by atoms with Crippen molar-refractivity contribution in [3.63, 3.8) is 0 Å². The van der Waals surface area contributed by atoms with E-state index in [0.717, 1.165) is 27.6 Å². The Kier molecular flexibility index (Phi) is 3.10. The van der Waals surface area contributed by atoms with Gasteiger partial charge in [0.1, 0.15) is 11.6 Å². The summed E-state index contributed by atoms with van der Waals surface area (Å²) in [7, 11) is 1.68. The summed E-state index contributed by atoms with van der Waals surface area (Å²) in [5.41, 5.74) is 6.87.